The van der Waals surface area contributed by atoms with Crippen molar-refractivity contribution >= 4 is 11.6 Å². The van der Waals surface area contributed by atoms with Gasteiger partial charge in [0.1, 0.15) is 0 Å². The van der Waals surface area contributed by atoms with Crippen molar-refractivity contribution in [3.8, 4) is 0 Å². The molecule has 2 heterocycles. The second kappa shape index (κ2) is 4.53. The molecule has 5 heteroatoms. The summed E-state index contributed by atoms with van der Waals surface area (Å²) in [5, 5.41) is 13.4. The Hall–Kier alpha value is -1.91. The number of fused-ring (bicyclic) bond motifs is 1. The number of hydrogen-bond acceptors (Lipinski definition) is 3. The van der Waals surface area contributed by atoms with Crippen LogP contribution in [0.4, 0.5) is 0 Å². The minimum absolute atomic E-state index is 0.175. The highest BCUT2D eigenvalue weighted by Crippen LogP contribution is 2.12. The average molecular weight is 233 g/mol. The van der Waals surface area contributed by atoms with Gasteiger partial charge in [-0.25, -0.2) is 14.3 Å². The van der Waals surface area contributed by atoms with Gasteiger partial charge in [0.15, 0.2) is 11.3 Å². The summed E-state index contributed by atoms with van der Waals surface area (Å²) in [6.45, 7) is 4.01. The van der Waals surface area contributed by atoms with Crippen molar-refractivity contribution in [3.63, 3.8) is 0 Å². The molecule has 2 rings (SSSR count). The summed E-state index contributed by atoms with van der Waals surface area (Å²) >= 11 is 0. The van der Waals surface area contributed by atoms with Gasteiger partial charge < -0.3 is 5.11 Å². The smallest absolute Gasteiger partial charge is 0.354 e. The molecule has 0 bridgehead atoms. The number of aromatic nitrogens is 3. The van der Waals surface area contributed by atoms with Crippen LogP contribution >= 0.6 is 0 Å². The van der Waals surface area contributed by atoms with Crippen LogP contribution in [-0.2, 0) is 12.8 Å². The Labute approximate surface area is 99.1 Å². The van der Waals surface area contributed by atoms with Crippen LogP contribution in [0.5, 0.6) is 0 Å². The van der Waals surface area contributed by atoms with Crippen molar-refractivity contribution in [2.24, 2.45) is 0 Å². The maximum absolute atomic E-state index is 11.2. The highest BCUT2D eigenvalue weighted by atomic mass is 16.4. The largest absolute Gasteiger partial charge is 0.477 e. The predicted molar refractivity (Wildman–Crippen MR) is 63.3 cm³/mol. The van der Waals surface area contributed by atoms with Crippen LogP contribution < -0.4 is 0 Å². The molecule has 0 aromatic carbocycles. The van der Waals surface area contributed by atoms with E-state index in [1.54, 1.807) is 6.07 Å². The first-order valence-corrected chi connectivity index (χ1v) is 5.77. The van der Waals surface area contributed by atoms with E-state index in [1.807, 2.05) is 13.0 Å². The maximum Gasteiger partial charge on any atom is 0.354 e. The molecule has 17 heavy (non-hydrogen) atoms. The van der Waals surface area contributed by atoms with E-state index in [2.05, 4.69) is 17.0 Å². The highest BCUT2D eigenvalue weighted by molar-refractivity contribution is 5.86. The third-order valence-electron chi connectivity index (χ3n) is 2.62. The minimum atomic E-state index is -0.974. The fourth-order valence-electron chi connectivity index (χ4n) is 1.79. The summed E-state index contributed by atoms with van der Waals surface area (Å²) in [6.07, 6.45) is 2.53. The Morgan fingerprint density at radius 2 is 2.12 bits per heavy atom. The van der Waals surface area contributed by atoms with E-state index in [0.717, 1.165) is 24.2 Å². The van der Waals surface area contributed by atoms with Gasteiger partial charge in [0.05, 0.1) is 5.69 Å². The molecule has 0 unspecified atom stereocenters. The Bertz CT molecular complexity index is 560. The van der Waals surface area contributed by atoms with Crippen LogP contribution in [0.2, 0.25) is 0 Å². The molecular formula is C12H15N3O2. The number of carboxylic acids is 1. The third-order valence-corrected chi connectivity index (χ3v) is 2.62. The monoisotopic (exact) mass is 233 g/mol. The zero-order valence-electron chi connectivity index (χ0n) is 9.97. The Morgan fingerprint density at radius 1 is 1.35 bits per heavy atom. The van der Waals surface area contributed by atoms with Crippen molar-refractivity contribution in [1.29, 1.82) is 0 Å². The lowest BCUT2D eigenvalue weighted by Gasteiger charge is -2.02. The number of carbonyl (C=O) groups is 1. The zero-order valence-corrected chi connectivity index (χ0v) is 9.97. The molecule has 0 amide bonds. The molecule has 0 saturated carbocycles. The van der Waals surface area contributed by atoms with Crippen molar-refractivity contribution in [1.82, 2.24) is 14.6 Å². The van der Waals surface area contributed by atoms with Gasteiger partial charge in [-0.3, -0.25) is 0 Å². The van der Waals surface area contributed by atoms with E-state index in [4.69, 9.17) is 5.11 Å². The fourth-order valence-corrected chi connectivity index (χ4v) is 1.79. The summed E-state index contributed by atoms with van der Waals surface area (Å²) < 4.78 is 1.41. The maximum atomic E-state index is 11.2. The molecule has 0 aliphatic rings. The Kier molecular flexibility index (Phi) is 3.08. The average Bonchev–Trinajstić information content (AvgIpc) is 2.69. The standard InChI is InChI=1S/C12H15N3O2/c1-3-5-9-7-11-13-8(4-2)6-10(12(16)17)15(11)14-9/h6-7H,3-5H2,1-2H3,(H,16,17). The van der Waals surface area contributed by atoms with E-state index in [0.29, 0.717) is 12.1 Å². The number of rotatable bonds is 4. The molecule has 0 aliphatic carbocycles. The van der Waals surface area contributed by atoms with Gasteiger partial charge in [0.2, 0.25) is 0 Å². The summed E-state index contributed by atoms with van der Waals surface area (Å²) in [5.74, 6) is -0.974. The second-order valence-corrected chi connectivity index (χ2v) is 3.95. The minimum Gasteiger partial charge on any atom is -0.477 e. The van der Waals surface area contributed by atoms with Gasteiger partial charge in [-0.2, -0.15) is 5.10 Å². The molecule has 1 N–H and O–H groups in total. The van der Waals surface area contributed by atoms with Crippen molar-refractivity contribution in [2.45, 2.75) is 33.1 Å². The molecule has 90 valence electrons. The van der Waals surface area contributed by atoms with E-state index in [9.17, 15) is 4.79 Å². The van der Waals surface area contributed by atoms with Crippen molar-refractivity contribution in [2.75, 3.05) is 0 Å². The van der Waals surface area contributed by atoms with Crippen LogP contribution in [0.1, 0.15) is 42.1 Å². The van der Waals surface area contributed by atoms with Crippen LogP contribution in [-0.4, -0.2) is 25.7 Å². The van der Waals surface area contributed by atoms with Gasteiger partial charge in [-0.1, -0.05) is 20.3 Å². The molecule has 2 aromatic rings. The Balaban J connectivity index is 2.64. The SMILES string of the molecule is CCCc1cc2nc(CC)cc(C(=O)O)n2n1. The molecule has 5 nitrogen and oxygen atoms in total. The molecule has 0 aliphatic heterocycles. The first kappa shape index (κ1) is 11.6. The predicted octanol–water partition coefficient (Wildman–Crippen LogP) is 1.94. The number of aryl methyl sites for hydroxylation is 2. The first-order valence-electron chi connectivity index (χ1n) is 5.77. The van der Waals surface area contributed by atoms with Gasteiger partial charge in [-0.15, -0.1) is 0 Å². The lowest BCUT2D eigenvalue weighted by molar-refractivity contribution is 0.0687. The van der Waals surface area contributed by atoms with Crippen LogP contribution in [0.3, 0.4) is 0 Å². The molecule has 0 fully saturated rings. The zero-order chi connectivity index (χ0) is 12.4. The number of nitrogens with zero attached hydrogens (tertiary/aromatic N) is 3. The normalized spacial score (nSPS) is 10.9. The summed E-state index contributed by atoms with van der Waals surface area (Å²) in [7, 11) is 0. The summed E-state index contributed by atoms with van der Waals surface area (Å²) in [6, 6.07) is 3.44. The number of aromatic carboxylic acids is 1. The molecular weight excluding hydrogens is 218 g/mol. The topological polar surface area (TPSA) is 67.5 Å². The third kappa shape index (κ3) is 2.13. The first-order chi connectivity index (χ1) is 8.15. The van der Waals surface area contributed by atoms with Crippen LogP contribution in [0.25, 0.3) is 5.65 Å². The van der Waals surface area contributed by atoms with Crippen LogP contribution in [0, 0.1) is 0 Å². The van der Waals surface area contributed by atoms with Crippen molar-refractivity contribution < 1.29 is 9.90 Å². The van der Waals surface area contributed by atoms with E-state index < -0.39 is 5.97 Å². The van der Waals surface area contributed by atoms with Gasteiger partial charge in [0, 0.05) is 11.8 Å². The fraction of sp³-hybridized carbons (Fsp3) is 0.417. The quantitative estimate of drug-likeness (QED) is 0.876. The van der Waals surface area contributed by atoms with E-state index in [1.165, 1.54) is 4.52 Å². The lowest BCUT2D eigenvalue weighted by Crippen LogP contribution is -2.09. The van der Waals surface area contributed by atoms with E-state index >= 15 is 0 Å². The summed E-state index contributed by atoms with van der Waals surface area (Å²) in [5.41, 5.74) is 2.45. The molecule has 0 saturated heterocycles. The summed E-state index contributed by atoms with van der Waals surface area (Å²) in [4.78, 5) is 15.5. The Morgan fingerprint density at radius 3 is 2.71 bits per heavy atom. The lowest BCUT2D eigenvalue weighted by atomic mass is 10.2. The molecule has 0 radical (unpaired) electrons. The second-order valence-electron chi connectivity index (χ2n) is 3.95. The molecule has 0 spiro atoms. The van der Waals surface area contributed by atoms with Crippen molar-refractivity contribution in [3.05, 3.63) is 29.2 Å². The van der Waals surface area contributed by atoms with Gasteiger partial charge in [0.25, 0.3) is 0 Å². The van der Waals surface area contributed by atoms with Gasteiger partial charge >= 0.3 is 5.97 Å². The van der Waals surface area contributed by atoms with E-state index in [-0.39, 0.29) is 5.69 Å². The van der Waals surface area contributed by atoms with Crippen LogP contribution in [0.15, 0.2) is 12.1 Å². The molecule has 0 atom stereocenters. The number of carboxylic acid groups (broad SMARTS) is 1. The number of hydrogen-bond donors (Lipinski definition) is 1. The highest BCUT2D eigenvalue weighted by Gasteiger charge is 2.13. The molecule has 2 aromatic heterocycles. The van der Waals surface area contributed by atoms with Gasteiger partial charge in [-0.05, 0) is 18.9 Å².